The molecule has 1 aromatic rings. The van der Waals surface area contributed by atoms with Crippen LogP contribution in [0.1, 0.15) is 25.5 Å². The number of carbonyl (C=O) groups is 1. The molecule has 1 atom stereocenters. The zero-order valence-corrected chi connectivity index (χ0v) is 10.1. The number of urea groups is 1. The highest BCUT2D eigenvalue weighted by atomic mass is 16.2. The first-order valence-electron chi connectivity index (χ1n) is 6.05. The van der Waals surface area contributed by atoms with Gasteiger partial charge in [0.05, 0.1) is 12.2 Å². The first-order chi connectivity index (χ1) is 8.25. The maximum Gasteiger partial charge on any atom is 0.317 e. The SMILES string of the molecule is CC1CCCN(C(=O)NCc2cccnn2)C1. The Labute approximate surface area is 101 Å². The van der Waals surface area contributed by atoms with Gasteiger partial charge in [-0.05, 0) is 30.9 Å². The molecule has 0 saturated carbocycles. The number of carbonyl (C=O) groups excluding carboxylic acids is 1. The quantitative estimate of drug-likeness (QED) is 0.842. The molecule has 1 unspecified atom stereocenters. The summed E-state index contributed by atoms with van der Waals surface area (Å²) in [6.07, 6.45) is 3.94. The average molecular weight is 234 g/mol. The number of amides is 2. The van der Waals surface area contributed by atoms with Crippen LogP contribution in [-0.4, -0.2) is 34.2 Å². The van der Waals surface area contributed by atoms with Crippen LogP contribution >= 0.6 is 0 Å². The zero-order chi connectivity index (χ0) is 12.1. The monoisotopic (exact) mass is 234 g/mol. The molecule has 2 rings (SSSR count). The number of hydrogen-bond donors (Lipinski definition) is 1. The second-order valence-corrected chi connectivity index (χ2v) is 4.57. The molecule has 0 radical (unpaired) electrons. The van der Waals surface area contributed by atoms with Gasteiger partial charge in [0.1, 0.15) is 0 Å². The molecule has 2 amide bonds. The van der Waals surface area contributed by atoms with E-state index in [0.717, 1.165) is 25.2 Å². The molecule has 1 aromatic heterocycles. The fraction of sp³-hybridized carbons (Fsp3) is 0.583. The number of nitrogens with zero attached hydrogens (tertiary/aromatic N) is 3. The van der Waals surface area contributed by atoms with Crippen LogP contribution in [0.5, 0.6) is 0 Å². The van der Waals surface area contributed by atoms with Crippen molar-refractivity contribution in [2.24, 2.45) is 5.92 Å². The first-order valence-corrected chi connectivity index (χ1v) is 6.05. The largest absolute Gasteiger partial charge is 0.332 e. The summed E-state index contributed by atoms with van der Waals surface area (Å²) in [4.78, 5) is 13.8. The lowest BCUT2D eigenvalue weighted by Crippen LogP contribution is -2.44. The van der Waals surface area contributed by atoms with Crippen LogP contribution in [0.4, 0.5) is 4.79 Å². The van der Waals surface area contributed by atoms with Crippen LogP contribution in [0.15, 0.2) is 18.3 Å². The van der Waals surface area contributed by atoms with Crippen molar-refractivity contribution in [3.63, 3.8) is 0 Å². The van der Waals surface area contributed by atoms with Gasteiger partial charge in [-0.3, -0.25) is 0 Å². The van der Waals surface area contributed by atoms with Gasteiger partial charge >= 0.3 is 6.03 Å². The molecule has 0 bridgehead atoms. The van der Waals surface area contributed by atoms with Crippen molar-refractivity contribution in [3.8, 4) is 0 Å². The van der Waals surface area contributed by atoms with Crippen LogP contribution in [0.25, 0.3) is 0 Å². The van der Waals surface area contributed by atoms with Crippen LogP contribution in [0, 0.1) is 5.92 Å². The standard InChI is InChI=1S/C12H18N4O/c1-10-4-3-7-16(9-10)12(17)13-8-11-5-2-6-14-15-11/h2,5-6,10H,3-4,7-9H2,1H3,(H,13,17). The summed E-state index contributed by atoms with van der Waals surface area (Å²) in [6.45, 7) is 4.34. The minimum absolute atomic E-state index is 0.00204. The van der Waals surface area contributed by atoms with E-state index in [1.165, 1.54) is 6.42 Å². The molecular weight excluding hydrogens is 216 g/mol. The molecule has 1 aliphatic rings. The summed E-state index contributed by atoms with van der Waals surface area (Å²) in [6, 6.07) is 3.67. The third kappa shape index (κ3) is 3.41. The highest BCUT2D eigenvalue weighted by Gasteiger charge is 2.20. The van der Waals surface area contributed by atoms with Crippen molar-refractivity contribution in [3.05, 3.63) is 24.0 Å². The summed E-state index contributed by atoms with van der Waals surface area (Å²) >= 11 is 0. The smallest absolute Gasteiger partial charge is 0.317 e. The molecule has 0 spiro atoms. The summed E-state index contributed by atoms with van der Waals surface area (Å²) in [5, 5.41) is 10.6. The number of likely N-dealkylation sites (tertiary alicyclic amines) is 1. The van der Waals surface area contributed by atoms with Crippen LogP contribution in [-0.2, 0) is 6.54 Å². The average Bonchev–Trinajstić information content (AvgIpc) is 2.37. The molecule has 17 heavy (non-hydrogen) atoms. The Hall–Kier alpha value is -1.65. The van der Waals surface area contributed by atoms with Crippen molar-refractivity contribution in [1.29, 1.82) is 0 Å². The fourth-order valence-electron chi connectivity index (χ4n) is 2.08. The molecule has 1 saturated heterocycles. The van der Waals surface area contributed by atoms with Gasteiger partial charge in [0, 0.05) is 19.3 Å². The minimum atomic E-state index is 0.00204. The van der Waals surface area contributed by atoms with Gasteiger partial charge in [-0.2, -0.15) is 10.2 Å². The third-order valence-electron chi connectivity index (χ3n) is 2.99. The van der Waals surface area contributed by atoms with Gasteiger partial charge in [0.15, 0.2) is 0 Å². The molecular formula is C12H18N4O. The van der Waals surface area contributed by atoms with E-state index in [2.05, 4.69) is 22.4 Å². The lowest BCUT2D eigenvalue weighted by Gasteiger charge is -2.30. The topological polar surface area (TPSA) is 58.1 Å². The van der Waals surface area contributed by atoms with E-state index in [4.69, 9.17) is 0 Å². The maximum absolute atomic E-state index is 11.9. The second-order valence-electron chi connectivity index (χ2n) is 4.57. The molecule has 0 aromatic carbocycles. The Balaban J connectivity index is 1.81. The summed E-state index contributed by atoms with van der Waals surface area (Å²) in [7, 11) is 0. The van der Waals surface area contributed by atoms with Crippen LogP contribution in [0.2, 0.25) is 0 Å². The highest BCUT2D eigenvalue weighted by molar-refractivity contribution is 5.74. The van der Waals surface area contributed by atoms with Crippen molar-refractivity contribution >= 4 is 6.03 Å². The van der Waals surface area contributed by atoms with E-state index in [1.54, 1.807) is 6.20 Å². The maximum atomic E-state index is 11.9. The Morgan fingerprint density at radius 1 is 1.65 bits per heavy atom. The number of piperidine rings is 1. The van der Waals surface area contributed by atoms with E-state index < -0.39 is 0 Å². The van der Waals surface area contributed by atoms with Gasteiger partial charge in [0.25, 0.3) is 0 Å². The Morgan fingerprint density at radius 2 is 2.53 bits per heavy atom. The van der Waals surface area contributed by atoms with Crippen molar-refractivity contribution in [2.45, 2.75) is 26.3 Å². The second kappa shape index (κ2) is 5.61. The molecule has 5 nitrogen and oxygen atoms in total. The lowest BCUT2D eigenvalue weighted by atomic mass is 10.0. The molecule has 2 heterocycles. The Kier molecular flexibility index (Phi) is 3.90. The fourth-order valence-corrected chi connectivity index (χ4v) is 2.08. The van der Waals surface area contributed by atoms with Crippen molar-refractivity contribution < 1.29 is 4.79 Å². The van der Waals surface area contributed by atoms with Gasteiger partial charge in [-0.15, -0.1) is 0 Å². The molecule has 5 heteroatoms. The lowest BCUT2D eigenvalue weighted by molar-refractivity contribution is 0.169. The molecule has 1 fully saturated rings. The van der Waals surface area contributed by atoms with Gasteiger partial charge in [0.2, 0.25) is 0 Å². The van der Waals surface area contributed by atoms with E-state index in [1.807, 2.05) is 17.0 Å². The van der Waals surface area contributed by atoms with E-state index in [0.29, 0.717) is 12.5 Å². The van der Waals surface area contributed by atoms with E-state index >= 15 is 0 Å². The minimum Gasteiger partial charge on any atom is -0.332 e. The molecule has 1 aliphatic heterocycles. The van der Waals surface area contributed by atoms with E-state index in [-0.39, 0.29) is 6.03 Å². The first kappa shape index (κ1) is 11.8. The third-order valence-corrected chi connectivity index (χ3v) is 2.99. The van der Waals surface area contributed by atoms with Crippen molar-refractivity contribution in [1.82, 2.24) is 20.4 Å². The Morgan fingerprint density at radius 3 is 3.24 bits per heavy atom. The summed E-state index contributed by atoms with van der Waals surface area (Å²) < 4.78 is 0. The van der Waals surface area contributed by atoms with Crippen LogP contribution in [0.3, 0.4) is 0 Å². The molecule has 1 N–H and O–H groups in total. The highest BCUT2D eigenvalue weighted by Crippen LogP contribution is 2.15. The number of rotatable bonds is 2. The van der Waals surface area contributed by atoms with Gasteiger partial charge < -0.3 is 10.2 Å². The van der Waals surface area contributed by atoms with Crippen LogP contribution < -0.4 is 5.32 Å². The van der Waals surface area contributed by atoms with Crippen molar-refractivity contribution in [2.75, 3.05) is 13.1 Å². The number of nitrogens with one attached hydrogen (secondary N) is 1. The summed E-state index contributed by atoms with van der Waals surface area (Å²) in [5.74, 6) is 0.603. The Bertz CT molecular complexity index is 368. The zero-order valence-electron chi connectivity index (χ0n) is 10.1. The predicted molar refractivity (Wildman–Crippen MR) is 64.2 cm³/mol. The molecule has 92 valence electrons. The summed E-state index contributed by atoms with van der Waals surface area (Å²) in [5.41, 5.74) is 0.783. The van der Waals surface area contributed by atoms with E-state index in [9.17, 15) is 4.79 Å². The number of hydrogen-bond acceptors (Lipinski definition) is 3. The predicted octanol–water partition coefficient (Wildman–Crippen LogP) is 1.42. The normalized spacial score (nSPS) is 20.1. The molecule has 0 aliphatic carbocycles. The van der Waals surface area contributed by atoms with Gasteiger partial charge in [-0.25, -0.2) is 4.79 Å². The van der Waals surface area contributed by atoms with Gasteiger partial charge in [-0.1, -0.05) is 6.92 Å². The number of aromatic nitrogens is 2.